The summed E-state index contributed by atoms with van der Waals surface area (Å²) < 4.78 is 14.8. The topological polar surface area (TPSA) is 89.4 Å². The fourth-order valence-electron chi connectivity index (χ4n) is 4.23. The van der Waals surface area contributed by atoms with Gasteiger partial charge in [0.05, 0.1) is 17.3 Å². The molecule has 1 aliphatic heterocycles. The zero-order chi connectivity index (χ0) is 21.3. The van der Waals surface area contributed by atoms with Crippen LogP contribution in [-0.4, -0.2) is 26.5 Å². The second-order valence-electron chi connectivity index (χ2n) is 8.45. The minimum Gasteiger partial charge on any atom is -0.384 e. The summed E-state index contributed by atoms with van der Waals surface area (Å²) in [5, 5.41) is 16.4. The number of H-pyrrole nitrogens is 1. The Hall–Kier alpha value is -3.40. The Morgan fingerprint density at radius 1 is 1.37 bits per heavy atom. The summed E-state index contributed by atoms with van der Waals surface area (Å²) in [6.07, 6.45) is 5.89. The van der Waals surface area contributed by atoms with Crippen molar-refractivity contribution in [1.82, 2.24) is 20.3 Å². The Bertz CT molecular complexity index is 1140. The summed E-state index contributed by atoms with van der Waals surface area (Å²) in [6.45, 7) is 8.37. The molecule has 0 aliphatic carbocycles. The van der Waals surface area contributed by atoms with Gasteiger partial charge in [-0.25, -0.2) is 14.4 Å². The molecular weight excluding hydrogens is 379 g/mol. The number of aromatic nitrogens is 3. The van der Waals surface area contributed by atoms with Crippen LogP contribution in [0.2, 0.25) is 0 Å². The Kier molecular flexibility index (Phi) is 5.17. The second kappa shape index (κ2) is 7.79. The van der Waals surface area contributed by atoms with Gasteiger partial charge in [-0.1, -0.05) is 18.7 Å². The number of nitrogens with zero attached hydrogens (tertiary/aromatic N) is 3. The van der Waals surface area contributed by atoms with Gasteiger partial charge in [0, 0.05) is 53.5 Å². The molecule has 0 bridgehead atoms. The van der Waals surface area contributed by atoms with E-state index >= 15 is 0 Å². The minimum absolute atomic E-state index is 0.0395. The van der Waals surface area contributed by atoms with E-state index in [1.165, 1.54) is 0 Å². The number of rotatable bonds is 5. The number of aromatic amines is 1. The molecule has 0 amide bonds. The number of benzene rings is 1. The van der Waals surface area contributed by atoms with Gasteiger partial charge in [-0.15, -0.1) is 0 Å². The fourth-order valence-corrected chi connectivity index (χ4v) is 4.23. The normalized spacial score (nSPS) is 18.1. The third-order valence-electron chi connectivity index (χ3n) is 5.41. The van der Waals surface area contributed by atoms with Gasteiger partial charge >= 0.3 is 0 Å². The van der Waals surface area contributed by atoms with Gasteiger partial charge in [0.1, 0.15) is 5.82 Å². The van der Waals surface area contributed by atoms with Crippen LogP contribution in [0.25, 0.3) is 22.2 Å². The molecule has 0 spiro atoms. The largest absolute Gasteiger partial charge is 0.384 e. The van der Waals surface area contributed by atoms with Crippen molar-refractivity contribution >= 4 is 16.9 Å². The number of nitriles is 1. The van der Waals surface area contributed by atoms with E-state index in [0.29, 0.717) is 23.4 Å². The highest BCUT2D eigenvalue weighted by atomic mass is 19.1. The van der Waals surface area contributed by atoms with Gasteiger partial charge < -0.3 is 15.6 Å². The molecular formula is C23H25FN6. The van der Waals surface area contributed by atoms with Crippen molar-refractivity contribution in [3.63, 3.8) is 0 Å². The quantitative estimate of drug-likeness (QED) is 0.575. The molecule has 30 heavy (non-hydrogen) atoms. The number of anilines is 1. The van der Waals surface area contributed by atoms with Crippen molar-refractivity contribution in [2.45, 2.75) is 51.1 Å². The predicted octanol–water partition coefficient (Wildman–Crippen LogP) is 4.68. The molecule has 1 aliphatic rings. The molecule has 1 saturated heterocycles. The first-order valence-corrected chi connectivity index (χ1v) is 10.1. The lowest BCUT2D eigenvalue weighted by molar-refractivity contribution is 0.324. The second-order valence-corrected chi connectivity index (χ2v) is 8.45. The number of fused-ring (bicyclic) bond motifs is 1. The maximum absolute atomic E-state index is 14.8. The molecule has 3 heterocycles. The van der Waals surface area contributed by atoms with Crippen LogP contribution in [0.4, 0.5) is 10.3 Å². The molecule has 1 atom stereocenters. The lowest BCUT2D eigenvalue weighted by Crippen LogP contribution is -2.48. The molecule has 154 valence electrons. The summed E-state index contributed by atoms with van der Waals surface area (Å²) in [6, 6.07) is 7.69. The van der Waals surface area contributed by atoms with Crippen LogP contribution in [0.1, 0.15) is 38.7 Å². The summed E-state index contributed by atoms with van der Waals surface area (Å²) in [7, 11) is 0. The van der Waals surface area contributed by atoms with Crippen LogP contribution in [0.3, 0.4) is 0 Å². The highest BCUT2D eigenvalue weighted by Crippen LogP contribution is 2.31. The first kappa shape index (κ1) is 19.9. The van der Waals surface area contributed by atoms with E-state index in [0.717, 1.165) is 35.2 Å². The lowest BCUT2D eigenvalue weighted by atomic mass is 9.88. The van der Waals surface area contributed by atoms with Crippen molar-refractivity contribution in [3.05, 3.63) is 54.2 Å². The zero-order valence-electron chi connectivity index (χ0n) is 17.2. The van der Waals surface area contributed by atoms with E-state index in [9.17, 15) is 4.39 Å². The summed E-state index contributed by atoms with van der Waals surface area (Å²) in [5.74, 6) is 0.236. The lowest BCUT2D eigenvalue weighted by Gasteiger charge is -2.38. The maximum atomic E-state index is 14.8. The van der Waals surface area contributed by atoms with Crippen LogP contribution >= 0.6 is 0 Å². The van der Waals surface area contributed by atoms with Gasteiger partial charge in [-0.3, -0.25) is 0 Å². The molecule has 6 nitrogen and oxygen atoms in total. The van der Waals surface area contributed by atoms with Crippen LogP contribution in [0.15, 0.2) is 42.9 Å². The Labute approximate surface area is 175 Å². The minimum atomic E-state index is -0.308. The van der Waals surface area contributed by atoms with Crippen molar-refractivity contribution in [1.29, 1.82) is 5.26 Å². The van der Waals surface area contributed by atoms with Crippen LogP contribution < -0.4 is 10.6 Å². The third-order valence-corrected chi connectivity index (χ3v) is 5.41. The monoisotopic (exact) mass is 404 g/mol. The van der Waals surface area contributed by atoms with Crippen LogP contribution in [0, 0.1) is 17.1 Å². The van der Waals surface area contributed by atoms with E-state index in [4.69, 9.17) is 5.26 Å². The molecule has 1 aromatic carbocycles. The summed E-state index contributed by atoms with van der Waals surface area (Å²) >= 11 is 0. The van der Waals surface area contributed by atoms with E-state index in [-0.39, 0.29) is 23.8 Å². The number of halogens is 1. The highest BCUT2D eigenvalue weighted by Gasteiger charge is 2.29. The zero-order valence-corrected chi connectivity index (χ0v) is 17.2. The number of aryl methyl sites for hydroxylation is 1. The highest BCUT2D eigenvalue weighted by molar-refractivity contribution is 5.95. The Balaban J connectivity index is 1.61. The smallest absolute Gasteiger partial charge is 0.223 e. The predicted molar refractivity (Wildman–Crippen MR) is 116 cm³/mol. The molecule has 0 radical (unpaired) electrons. The van der Waals surface area contributed by atoms with Gasteiger partial charge in [0.2, 0.25) is 5.95 Å². The number of piperidine rings is 1. The fraction of sp³-hybridized carbons (Fsp3) is 0.348. The molecule has 1 fully saturated rings. The Morgan fingerprint density at radius 2 is 2.20 bits per heavy atom. The van der Waals surface area contributed by atoms with Crippen LogP contribution in [-0.2, 0) is 6.42 Å². The average molecular weight is 404 g/mol. The standard InChI is InChI=1S/C23H25FN6/c1-14-11-16(12-23(2,3)30-14)28-22-26-10-8-19(29-22)18-13-27-21-17(18)7-6-15(20(21)24)5-4-9-25/h6-8,10,13,16,27,30H,1,4-5,11-12H2,2-3H3,(H,26,28,29). The van der Waals surface area contributed by atoms with Crippen molar-refractivity contribution in [2.24, 2.45) is 0 Å². The molecule has 2 aromatic heterocycles. The molecule has 0 saturated carbocycles. The van der Waals surface area contributed by atoms with Crippen LogP contribution in [0.5, 0.6) is 0 Å². The van der Waals surface area contributed by atoms with Crippen molar-refractivity contribution in [2.75, 3.05) is 5.32 Å². The van der Waals surface area contributed by atoms with Gasteiger partial charge in [0.15, 0.2) is 0 Å². The van der Waals surface area contributed by atoms with Crippen molar-refractivity contribution < 1.29 is 4.39 Å². The number of nitrogens with one attached hydrogen (secondary N) is 3. The third kappa shape index (κ3) is 3.99. The van der Waals surface area contributed by atoms with E-state index in [1.54, 1.807) is 18.5 Å². The van der Waals surface area contributed by atoms with E-state index in [2.05, 4.69) is 52.1 Å². The summed E-state index contributed by atoms with van der Waals surface area (Å²) in [5.41, 5.74) is 3.47. The molecule has 3 aromatic rings. The summed E-state index contributed by atoms with van der Waals surface area (Å²) in [4.78, 5) is 12.1. The van der Waals surface area contributed by atoms with Gasteiger partial charge in [-0.05, 0) is 38.3 Å². The molecule has 3 N–H and O–H groups in total. The first-order valence-electron chi connectivity index (χ1n) is 10.1. The number of hydrogen-bond acceptors (Lipinski definition) is 5. The average Bonchev–Trinajstić information content (AvgIpc) is 3.11. The van der Waals surface area contributed by atoms with Crippen molar-refractivity contribution in [3.8, 4) is 17.3 Å². The molecule has 7 heteroatoms. The van der Waals surface area contributed by atoms with E-state index in [1.807, 2.05) is 12.1 Å². The maximum Gasteiger partial charge on any atom is 0.223 e. The Morgan fingerprint density at radius 3 is 2.97 bits per heavy atom. The van der Waals surface area contributed by atoms with Gasteiger partial charge in [0.25, 0.3) is 0 Å². The number of hydrogen-bond donors (Lipinski definition) is 3. The molecule has 4 rings (SSSR count). The first-order chi connectivity index (χ1) is 14.4. The van der Waals surface area contributed by atoms with E-state index < -0.39 is 0 Å². The molecule has 1 unspecified atom stereocenters. The SMILES string of the molecule is C=C1CC(Nc2nccc(-c3c[nH]c4c(F)c(CCC#N)ccc34)n2)CC(C)(C)N1. The van der Waals surface area contributed by atoms with Gasteiger partial charge in [-0.2, -0.15) is 5.26 Å².